The van der Waals surface area contributed by atoms with E-state index in [1.807, 2.05) is 27.7 Å². The van der Waals surface area contributed by atoms with Crippen molar-refractivity contribution in [3.05, 3.63) is 28.2 Å². The second kappa shape index (κ2) is 12.0. The molecule has 0 aromatic carbocycles. The van der Waals surface area contributed by atoms with Crippen LogP contribution in [0.5, 0.6) is 0 Å². The molecular weight excluding hydrogens is 499 g/mol. The Balaban J connectivity index is 2.39. The Hall–Kier alpha value is -1.07. The number of nitrogens with zero attached hydrogens (tertiary/aromatic N) is 2. The van der Waals surface area contributed by atoms with E-state index in [-0.39, 0.29) is 29.8 Å². The molecule has 1 saturated heterocycles. The van der Waals surface area contributed by atoms with Crippen LogP contribution < -0.4 is 4.72 Å². The third kappa shape index (κ3) is 7.95. The summed E-state index contributed by atoms with van der Waals surface area (Å²) in [5.74, 6) is 0. The Morgan fingerprint density at radius 1 is 1.31 bits per heavy atom. The average Bonchev–Trinajstić information content (AvgIpc) is 3.13. The lowest BCUT2D eigenvalue weighted by atomic mass is 9.97. The number of carbonyl (C=O) groups excluding carboxylic acids is 1. The van der Waals surface area contributed by atoms with Crippen LogP contribution in [-0.4, -0.2) is 52.4 Å². The predicted molar refractivity (Wildman–Crippen MR) is 148 cm³/mol. The molecule has 2 heterocycles. The number of piperidine rings is 1. The number of carbonyl (C=O) groups is 1. The van der Waals surface area contributed by atoms with E-state index >= 15 is 0 Å². The molecule has 1 N–H and O–H groups in total. The van der Waals surface area contributed by atoms with Crippen molar-refractivity contribution < 1.29 is 18.2 Å². The smallest absolute Gasteiger partial charge is 0.410 e. The van der Waals surface area contributed by atoms with E-state index in [0.29, 0.717) is 13.2 Å². The lowest BCUT2D eigenvalue weighted by Gasteiger charge is -2.39. The van der Waals surface area contributed by atoms with Crippen molar-refractivity contribution in [3.8, 4) is 0 Å². The first kappa shape index (κ1) is 30.2. The molecule has 3 atom stereocenters. The summed E-state index contributed by atoms with van der Waals surface area (Å²) in [7, 11) is -3.25. The van der Waals surface area contributed by atoms with Gasteiger partial charge in [0.2, 0.25) is 0 Å². The van der Waals surface area contributed by atoms with Gasteiger partial charge >= 0.3 is 6.09 Å². The molecule has 10 heteroatoms. The van der Waals surface area contributed by atoms with Crippen LogP contribution in [0.25, 0.3) is 0 Å². The van der Waals surface area contributed by atoms with Gasteiger partial charge in [0.05, 0.1) is 45.0 Å². The molecule has 200 valence electrons. The third-order valence-corrected chi connectivity index (χ3v) is 14.1. The number of rotatable bonds is 9. The summed E-state index contributed by atoms with van der Waals surface area (Å²) in [6, 6.07) is -0.566. The molecule has 0 bridgehead atoms. The van der Waals surface area contributed by atoms with E-state index in [1.54, 1.807) is 22.3 Å². The van der Waals surface area contributed by atoms with Crippen molar-refractivity contribution in [3.63, 3.8) is 0 Å². The Kier molecular flexibility index (Phi) is 10.3. The Labute approximate surface area is 219 Å². The number of likely N-dealkylation sites (tertiary alicyclic amines) is 1. The normalized spacial score (nSPS) is 19.3. The lowest BCUT2D eigenvalue weighted by molar-refractivity contribution is 0.0713. The van der Waals surface area contributed by atoms with Gasteiger partial charge in [0.1, 0.15) is 11.6 Å². The SMILES string of the molecule is C=CCOC(=O)N1CCCCC1C(NS(=O)C(C)(C)C)c1nc(C)c(CO[Si](C)(C)C(C)(C)C)s1. The fourth-order valence-corrected chi connectivity index (χ4v) is 6.57. The van der Waals surface area contributed by atoms with Crippen LogP contribution in [0.3, 0.4) is 0 Å². The Morgan fingerprint density at radius 3 is 2.54 bits per heavy atom. The number of hydrogen-bond acceptors (Lipinski definition) is 6. The minimum atomic E-state index is -1.91. The van der Waals surface area contributed by atoms with E-state index < -0.39 is 24.1 Å². The summed E-state index contributed by atoms with van der Waals surface area (Å²) in [5, 5.41) is 0.957. The molecule has 3 unspecified atom stereocenters. The summed E-state index contributed by atoms with van der Waals surface area (Å²) in [4.78, 5) is 20.6. The molecule has 2 rings (SSSR count). The van der Waals surface area contributed by atoms with Crippen molar-refractivity contribution in [1.82, 2.24) is 14.6 Å². The number of ether oxygens (including phenoxy) is 1. The number of aryl methyl sites for hydroxylation is 1. The van der Waals surface area contributed by atoms with Gasteiger partial charge in [-0.3, -0.25) is 0 Å². The van der Waals surface area contributed by atoms with Crippen molar-refractivity contribution >= 4 is 36.7 Å². The zero-order valence-electron chi connectivity index (χ0n) is 23.0. The highest BCUT2D eigenvalue weighted by Crippen LogP contribution is 2.39. The maximum absolute atomic E-state index is 13.2. The van der Waals surface area contributed by atoms with E-state index in [9.17, 15) is 9.00 Å². The molecule has 1 aliphatic rings. The van der Waals surface area contributed by atoms with Gasteiger partial charge in [-0.25, -0.2) is 18.7 Å². The largest absolute Gasteiger partial charge is 0.445 e. The van der Waals surface area contributed by atoms with E-state index in [0.717, 1.165) is 34.8 Å². The average molecular weight is 544 g/mol. The minimum absolute atomic E-state index is 0.122. The standard InChI is InChI=1S/C25H45N3O4S2Si/c1-11-16-31-23(29)28-15-13-12-14-19(28)21(27-34(30)24(3,4)5)22-26-18(2)20(33-22)17-32-35(9,10)25(6,7)8/h11,19,21,27H,1,12-17H2,2-10H3. The number of hydrogen-bond donors (Lipinski definition) is 1. The molecule has 0 radical (unpaired) electrons. The Morgan fingerprint density at radius 2 is 1.97 bits per heavy atom. The summed E-state index contributed by atoms with van der Waals surface area (Å²) in [6.45, 7) is 23.9. The summed E-state index contributed by atoms with van der Waals surface area (Å²) >= 11 is 1.59. The molecule has 7 nitrogen and oxygen atoms in total. The predicted octanol–water partition coefficient (Wildman–Crippen LogP) is 6.24. The van der Waals surface area contributed by atoms with Gasteiger partial charge in [-0.2, -0.15) is 0 Å². The van der Waals surface area contributed by atoms with Gasteiger partial charge in [0.15, 0.2) is 8.32 Å². The van der Waals surface area contributed by atoms with Crippen LogP contribution in [0, 0.1) is 6.92 Å². The zero-order valence-corrected chi connectivity index (χ0v) is 25.7. The monoisotopic (exact) mass is 543 g/mol. The first-order valence-corrected chi connectivity index (χ1v) is 17.3. The lowest BCUT2D eigenvalue weighted by Crippen LogP contribution is -2.52. The second-order valence-electron chi connectivity index (χ2n) is 11.7. The Bertz CT molecular complexity index is 906. The molecule has 1 fully saturated rings. The quantitative estimate of drug-likeness (QED) is 0.294. The summed E-state index contributed by atoms with van der Waals surface area (Å²) in [6.07, 6.45) is 3.90. The summed E-state index contributed by atoms with van der Waals surface area (Å²) < 4.78 is 28.0. The second-order valence-corrected chi connectivity index (χ2v) is 19.6. The van der Waals surface area contributed by atoms with Crippen molar-refractivity contribution in [2.45, 2.75) is 109 Å². The van der Waals surface area contributed by atoms with Crippen LogP contribution in [0.4, 0.5) is 4.79 Å². The number of thiazole rings is 1. The molecule has 0 aliphatic carbocycles. The third-order valence-electron chi connectivity index (χ3n) is 6.83. The maximum atomic E-state index is 13.2. The van der Waals surface area contributed by atoms with Crippen molar-refractivity contribution in [2.24, 2.45) is 0 Å². The van der Waals surface area contributed by atoms with Gasteiger partial charge in [0.25, 0.3) is 0 Å². The highest BCUT2D eigenvalue weighted by atomic mass is 32.2. The van der Waals surface area contributed by atoms with Crippen LogP contribution in [0.1, 0.15) is 82.4 Å². The van der Waals surface area contributed by atoms with Gasteiger partial charge in [-0.05, 0) is 65.1 Å². The van der Waals surface area contributed by atoms with Gasteiger partial charge in [-0.15, -0.1) is 11.3 Å². The number of amides is 1. The van der Waals surface area contributed by atoms with Crippen molar-refractivity contribution in [1.29, 1.82) is 0 Å². The molecule has 1 amide bonds. The number of aromatic nitrogens is 1. The molecule has 1 aromatic rings. The highest BCUT2D eigenvalue weighted by molar-refractivity contribution is 7.84. The van der Waals surface area contributed by atoms with Gasteiger partial charge in [0, 0.05) is 6.54 Å². The summed E-state index contributed by atoms with van der Waals surface area (Å²) in [5.41, 5.74) is 0.925. The first-order chi connectivity index (χ1) is 16.1. The molecule has 0 saturated carbocycles. The van der Waals surface area contributed by atoms with Crippen LogP contribution in [0.2, 0.25) is 18.1 Å². The zero-order chi connectivity index (χ0) is 26.6. The van der Waals surface area contributed by atoms with E-state index in [4.69, 9.17) is 14.1 Å². The van der Waals surface area contributed by atoms with Crippen LogP contribution in [-0.2, 0) is 26.8 Å². The fourth-order valence-electron chi connectivity index (χ4n) is 3.51. The van der Waals surface area contributed by atoms with Gasteiger partial charge < -0.3 is 14.1 Å². The minimum Gasteiger partial charge on any atom is -0.445 e. The van der Waals surface area contributed by atoms with E-state index in [2.05, 4.69) is 45.2 Å². The first-order valence-electron chi connectivity index (χ1n) is 12.4. The fraction of sp³-hybridized carbons (Fsp3) is 0.760. The van der Waals surface area contributed by atoms with Crippen LogP contribution >= 0.6 is 11.3 Å². The molecular formula is C25H45N3O4S2Si. The van der Waals surface area contributed by atoms with E-state index in [1.165, 1.54) is 0 Å². The maximum Gasteiger partial charge on any atom is 0.410 e. The van der Waals surface area contributed by atoms with Gasteiger partial charge in [-0.1, -0.05) is 33.4 Å². The van der Waals surface area contributed by atoms with Crippen molar-refractivity contribution in [2.75, 3.05) is 13.2 Å². The topological polar surface area (TPSA) is 80.8 Å². The molecule has 0 spiro atoms. The molecule has 1 aromatic heterocycles. The molecule has 1 aliphatic heterocycles. The van der Waals surface area contributed by atoms with Crippen LogP contribution in [0.15, 0.2) is 12.7 Å². The number of nitrogens with one attached hydrogen (secondary N) is 1. The molecule has 35 heavy (non-hydrogen) atoms. The highest BCUT2D eigenvalue weighted by Gasteiger charge is 2.40.